The average Bonchev–Trinajstić information content (AvgIpc) is 3.52. The second-order valence-electron chi connectivity index (χ2n) is 8.73. The fourth-order valence-corrected chi connectivity index (χ4v) is 4.21. The van der Waals surface area contributed by atoms with Gasteiger partial charge in [-0.25, -0.2) is 0 Å². The van der Waals surface area contributed by atoms with E-state index in [1.807, 2.05) is 16.9 Å². The minimum Gasteiger partial charge on any atom is -0.543 e. The average molecular weight is 480 g/mol. The van der Waals surface area contributed by atoms with Crippen LogP contribution < -0.4 is 16.2 Å². The second kappa shape index (κ2) is 11.8. The zero-order chi connectivity index (χ0) is 24.6. The summed E-state index contributed by atoms with van der Waals surface area (Å²) in [6.07, 6.45) is 11.1. The maximum Gasteiger partial charge on any atom is 0.255 e. The number of nitrogens with zero attached hydrogens (tertiary/aromatic N) is 4. The zero-order valence-electron chi connectivity index (χ0n) is 19.7. The number of benzene rings is 1. The van der Waals surface area contributed by atoms with Crippen LogP contribution in [0, 0.1) is 0 Å². The third-order valence-electron chi connectivity index (χ3n) is 6.17. The molecule has 0 unspecified atom stereocenters. The molecule has 1 saturated heterocycles. The molecule has 3 aromatic rings. The van der Waals surface area contributed by atoms with Crippen molar-refractivity contribution >= 4 is 17.6 Å². The van der Waals surface area contributed by atoms with Gasteiger partial charge in [0.05, 0.1) is 23.9 Å². The van der Waals surface area contributed by atoms with Crippen molar-refractivity contribution < 1.29 is 19.4 Å². The van der Waals surface area contributed by atoms with Gasteiger partial charge in [0.1, 0.15) is 5.69 Å². The lowest BCUT2D eigenvalue weighted by atomic mass is 10.1. The van der Waals surface area contributed by atoms with Gasteiger partial charge in [-0.3, -0.25) is 14.2 Å². The number of aryl methyl sites for hydroxylation is 1. The highest BCUT2D eigenvalue weighted by molar-refractivity contribution is 6.07. The lowest BCUT2D eigenvalue weighted by Crippen LogP contribution is -2.26. The van der Waals surface area contributed by atoms with Crippen LogP contribution in [-0.4, -0.2) is 51.2 Å². The number of rotatable bonds is 11. The third-order valence-corrected chi connectivity index (χ3v) is 6.17. The van der Waals surface area contributed by atoms with Crippen LogP contribution in [0.5, 0.6) is 0 Å². The van der Waals surface area contributed by atoms with Gasteiger partial charge in [-0.1, -0.05) is 25.0 Å². The Morgan fingerprint density at radius 1 is 1.11 bits per heavy atom. The van der Waals surface area contributed by atoms with Crippen LogP contribution in [0.25, 0.3) is 11.1 Å². The van der Waals surface area contributed by atoms with Crippen LogP contribution in [0.15, 0.2) is 42.9 Å². The standard InChI is InChI=1S/C25H32N6O4/c26-10-3-1-2-4-11-30-16-20(15-27-30)18-6-5-7-19(14-18)24(32)28-22-17-31(29-23(22)25(33)34)21-8-12-35-13-9-21/h5-7,14-17,21H,1-4,8-13,26H2,(H,28,32)(H,33,34)/p-1. The van der Waals surface area contributed by atoms with Gasteiger partial charge in [-0.15, -0.1) is 0 Å². The Morgan fingerprint density at radius 3 is 2.69 bits per heavy atom. The lowest BCUT2D eigenvalue weighted by Gasteiger charge is -2.22. The monoisotopic (exact) mass is 479 g/mol. The number of ether oxygens (including phenoxy) is 1. The molecule has 186 valence electrons. The first-order valence-electron chi connectivity index (χ1n) is 12.1. The van der Waals surface area contributed by atoms with Crippen molar-refractivity contribution in [2.45, 2.75) is 51.1 Å². The summed E-state index contributed by atoms with van der Waals surface area (Å²) in [5.41, 5.74) is 7.53. The van der Waals surface area contributed by atoms with E-state index in [1.54, 1.807) is 35.3 Å². The van der Waals surface area contributed by atoms with Crippen LogP contribution in [0.1, 0.15) is 65.4 Å². The summed E-state index contributed by atoms with van der Waals surface area (Å²) in [6.45, 7) is 2.73. The van der Waals surface area contributed by atoms with E-state index < -0.39 is 11.9 Å². The molecule has 0 bridgehead atoms. The molecule has 0 aliphatic carbocycles. The third kappa shape index (κ3) is 6.34. The van der Waals surface area contributed by atoms with E-state index in [1.165, 1.54) is 0 Å². The SMILES string of the molecule is NCCCCCCn1cc(-c2cccc(C(=O)Nc3cn(C4CCOCC4)nc3C(=O)[O-])c2)cn1. The van der Waals surface area contributed by atoms with Crippen LogP contribution in [0.4, 0.5) is 5.69 Å². The number of carbonyl (C=O) groups excluding carboxylic acids is 2. The van der Waals surface area contributed by atoms with Crippen molar-refractivity contribution in [2.75, 3.05) is 25.1 Å². The Morgan fingerprint density at radius 2 is 1.91 bits per heavy atom. The molecule has 1 aromatic carbocycles. The first-order valence-corrected chi connectivity index (χ1v) is 12.1. The minimum atomic E-state index is -1.43. The number of aromatic carboxylic acids is 1. The van der Waals surface area contributed by atoms with Gasteiger partial charge in [0.25, 0.3) is 5.91 Å². The number of unbranched alkanes of at least 4 members (excludes halogenated alkanes) is 3. The molecule has 0 saturated carbocycles. The highest BCUT2D eigenvalue weighted by atomic mass is 16.5. The maximum atomic E-state index is 13.0. The summed E-state index contributed by atoms with van der Waals surface area (Å²) in [5, 5.41) is 22.9. The highest BCUT2D eigenvalue weighted by Gasteiger charge is 2.21. The highest BCUT2D eigenvalue weighted by Crippen LogP contribution is 2.25. The minimum absolute atomic E-state index is 0.0213. The van der Waals surface area contributed by atoms with Crippen molar-refractivity contribution in [3.05, 3.63) is 54.1 Å². The fraction of sp³-hybridized carbons (Fsp3) is 0.440. The van der Waals surface area contributed by atoms with E-state index in [-0.39, 0.29) is 17.4 Å². The maximum absolute atomic E-state index is 13.0. The van der Waals surface area contributed by atoms with Gasteiger partial charge in [0, 0.05) is 43.3 Å². The van der Waals surface area contributed by atoms with E-state index in [9.17, 15) is 14.7 Å². The number of amides is 1. The fourth-order valence-electron chi connectivity index (χ4n) is 4.21. The van der Waals surface area contributed by atoms with Gasteiger partial charge < -0.3 is 25.7 Å². The Balaban J connectivity index is 1.44. The normalized spacial score (nSPS) is 14.2. The molecule has 1 aliphatic rings. The number of carboxylic acid groups (broad SMARTS) is 1. The van der Waals surface area contributed by atoms with Gasteiger partial charge in [-0.05, 0) is 49.9 Å². The Bertz CT molecular complexity index is 1150. The van der Waals surface area contributed by atoms with Crippen molar-refractivity contribution in [2.24, 2.45) is 5.73 Å². The molecule has 0 atom stereocenters. The number of carbonyl (C=O) groups is 2. The molecular formula is C25H31N6O4-. The quantitative estimate of drug-likeness (QED) is 0.402. The summed E-state index contributed by atoms with van der Waals surface area (Å²) in [4.78, 5) is 24.6. The molecule has 2 aromatic heterocycles. The van der Waals surface area contributed by atoms with Gasteiger partial charge in [-0.2, -0.15) is 10.2 Å². The van der Waals surface area contributed by atoms with E-state index in [0.717, 1.165) is 62.7 Å². The molecule has 4 rings (SSSR count). The molecular weight excluding hydrogens is 448 g/mol. The number of hydrogen-bond acceptors (Lipinski definition) is 7. The zero-order valence-corrected chi connectivity index (χ0v) is 19.7. The molecule has 10 heteroatoms. The summed E-state index contributed by atoms with van der Waals surface area (Å²) < 4.78 is 8.85. The number of aromatic nitrogens is 4. The summed E-state index contributed by atoms with van der Waals surface area (Å²) in [7, 11) is 0. The number of carboxylic acids is 1. The van der Waals surface area contributed by atoms with Crippen molar-refractivity contribution in [1.82, 2.24) is 19.6 Å². The van der Waals surface area contributed by atoms with Gasteiger partial charge in [0.2, 0.25) is 0 Å². The van der Waals surface area contributed by atoms with Crippen molar-refractivity contribution in [3.8, 4) is 11.1 Å². The largest absolute Gasteiger partial charge is 0.543 e. The summed E-state index contributed by atoms with van der Waals surface area (Å²) >= 11 is 0. The van der Waals surface area contributed by atoms with Crippen molar-refractivity contribution in [1.29, 1.82) is 0 Å². The predicted octanol–water partition coefficient (Wildman–Crippen LogP) is 2.23. The van der Waals surface area contributed by atoms with E-state index in [0.29, 0.717) is 18.8 Å². The molecule has 1 aliphatic heterocycles. The second-order valence-corrected chi connectivity index (χ2v) is 8.73. The summed E-state index contributed by atoms with van der Waals surface area (Å²) in [5.74, 6) is -1.86. The molecule has 0 spiro atoms. The number of nitrogens with two attached hydrogens (primary N) is 1. The molecule has 3 heterocycles. The molecule has 10 nitrogen and oxygen atoms in total. The first kappa shape index (κ1) is 24.6. The molecule has 1 amide bonds. The van der Waals surface area contributed by atoms with Gasteiger partial charge >= 0.3 is 0 Å². The van der Waals surface area contributed by atoms with Crippen LogP contribution in [-0.2, 0) is 11.3 Å². The lowest BCUT2D eigenvalue weighted by molar-refractivity contribution is -0.255. The van der Waals surface area contributed by atoms with E-state index >= 15 is 0 Å². The van der Waals surface area contributed by atoms with Crippen LogP contribution in [0.3, 0.4) is 0 Å². The number of nitrogens with one attached hydrogen (secondary N) is 1. The molecule has 0 radical (unpaired) electrons. The van der Waals surface area contributed by atoms with E-state index in [2.05, 4.69) is 15.5 Å². The Hall–Kier alpha value is -3.50. The Labute approximate surface area is 204 Å². The Kier molecular flexibility index (Phi) is 8.27. The molecule has 1 fully saturated rings. The van der Waals surface area contributed by atoms with Gasteiger partial charge in [0.15, 0.2) is 0 Å². The topological polar surface area (TPSA) is 140 Å². The molecule has 35 heavy (non-hydrogen) atoms. The molecule has 3 N–H and O–H groups in total. The van der Waals surface area contributed by atoms with E-state index in [4.69, 9.17) is 10.5 Å². The van der Waals surface area contributed by atoms with Crippen LogP contribution >= 0.6 is 0 Å². The smallest absolute Gasteiger partial charge is 0.255 e. The number of anilines is 1. The van der Waals surface area contributed by atoms with Crippen LogP contribution in [0.2, 0.25) is 0 Å². The number of hydrogen-bond donors (Lipinski definition) is 2. The summed E-state index contributed by atoms with van der Waals surface area (Å²) in [6, 6.07) is 7.17. The van der Waals surface area contributed by atoms with Crippen molar-refractivity contribution in [3.63, 3.8) is 0 Å². The first-order chi connectivity index (χ1) is 17.0. The predicted molar refractivity (Wildman–Crippen MR) is 129 cm³/mol.